The van der Waals surface area contributed by atoms with Gasteiger partial charge in [0.05, 0.1) is 24.4 Å². The SMILES string of the molecule is CCOC(=O)c1cnn2ccc(N3CCC[C@@H]3c3cc(F)ccc3Cl)cc12. The minimum atomic E-state index is -0.393. The third-order valence-electron chi connectivity index (χ3n) is 4.90. The largest absolute Gasteiger partial charge is 0.462 e. The van der Waals surface area contributed by atoms with Gasteiger partial charge in [0, 0.05) is 23.5 Å². The molecule has 1 aliphatic heterocycles. The molecule has 3 heterocycles. The maximum Gasteiger partial charge on any atom is 0.341 e. The second-order valence-corrected chi connectivity index (χ2v) is 6.92. The van der Waals surface area contributed by atoms with Crippen LogP contribution >= 0.6 is 11.6 Å². The van der Waals surface area contributed by atoms with Crippen LogP contribution in [0.15, 0.2) is 42.7 Å². The third kappa shape index (κ3) is 3.25. The first kappa shape index (κ1) is 17.8. The van der Waals surface area contributed by atoms with Crippen LogP contribution in [-0.4, -0.2) is 28.7 Å². The summed E-state index contributed by atoms with van der Waals surface area (Å²) in [5, 5.41) is 4.78. The Labute approximate surface area is 161 Å². The molecule has 2 aromatic heterocycles. The lowest BCUT2D eigenvalue weighted by molar-refractivity contribution is 0.0528. The van der Waals surface area contributed by atoms with E-state index in [1.807, 2.05) is 18.3 Å². The van der Waals surface area contributed by atoms with Crippen LogP contribution in [0.4, 0.5) is 10.1 Å². The van der Waals surface area contributed by atoms with Gasteiger partial charge in [0.25, 0.3) is 0 Å². The Balaban J connectivity index is 1.73. The molecule has 0 saturated carbocycles. The van der Waals surface area contributed by atoms with Crippen molar-refractivity contribution in [3.05, 3.63) is 64.7 Å². The van der Waals surface area contributed by atoms with Crippen molar-refractivity contribution in [2.24, 2.45) is 0 Å². The zero-order chi connectivity index (χ0) is 19.0. The molecule has 1 saturated heterocycles. The zero-order valence-corrected chi connectivity index (χ0v) is 15.6. The maximum atomic E-state index is 13.8. The molecule has 1 fully saturated rings. The van der Waals surface area contributed by atoms with E-state index in [0.29, 0.717) is 22.7 Å². The second-order valence-electron chi connectivity index (χ2n) is 6.51. The van der Waals surface area contributed by atoms with Gasteiger partial charge in [0.15, 0.2) is 0 Å². The highest BCUT2D eigenvalue weighted by atomic mass is 35.5. The summed E-state index contributed by atoms with van der Waals surface area (Å²) >= 11 is 6.34. The number of hydrogen-bond acceptors (Lipinski definition) is 4. The maximum absolute atomic E-state index is 13.8. The summed E-state index contributed by atoms with van der Waals surface area (Å²) in [6.07, 6.45) is 5.20. The molecule has 0 N–H and O–H groups in total. The number of carbonyl (C=O) groups excluding carboxylic acids is 1. The lowest BCUT2D eigenvalue weighted by Gasteiger charge is -2.28. The Morgan fingerprint density at radius 2 is 2.22 bits per heavy atom. The molecule has 0 radical (unpaired) electrons. The minimum Gasteiger partial charge on any atom is -0.462 e. The summed E-state index contributed by atoms with van der Waals surface area (Å²) in [6, 6.07) is 8.33. The van der Waals surface area contributed by atoms with Gasteiger partial charge in [-0.1, -0.05) is 11.6 Å². The summed E-state index contributed by atoms with van der Waals surface area (Å²) in [5.41, 5.74) is 2.84. The van der Waals surface area contributed by atoms with Gasteiger partial charge in [-0.3, -0.25) is 0 Å². The summed E-state index contributed by atoms with van der Waals surface area (Å²) in [5.74, 6) is -0.687. The molecule has 1 aromatic carbocycles. The molecule has 0 spiro atoms. The number of pyridine rings is 1. The van der Waals surface area contributed by atoms with Crippen molar-refractivity contribution in [1.29, 1.82) is 0 Å². The predicted molar refractivity (Wildman–Crippen MR) is 102 cm³/mol. The van der Waals surface area contributed by atoms with Gasteiger partial charge < -0.3 is 9.64 Å². The number of esters is 1. The van der Waals surface area contributed by atoms with Crippen molar-refractivity contribution in [2.75, 3.05) is 18.1 Å². The standard InChI is InChI=1S/C20H19ClFN3O2/c1-2-27-20(26)16-12-23-25-9-7-14(11-19(16)25)24-8-3-4-18(24)15-10-13(22)5-6-17(15)21/h5-7,9-12,18H,2-4,8H2,1H3/t18-/m1/s1. The van der Waals surface area contributed by atoms with Crippen molar-refractivity contribution in [1.82, 2.24) is 9.61 Å². The Hall–Kier alpha value is -2.60. The Bertz CT molecular complexity index is 1000. The average Bonchev–Trinajstić information content (AvgIpc) is 3.30. The highest BCUT2D eigenvalue weighted by Gasteiger charge is 2.29. The number of benzene rings is 1. The number of rotatable bonds is 4. The van der Waals surface area contributed by atoms with Crippen LogP contribution in [0.25, 0.3) is 5.52 Å². The molecule has 0 amide bonds. The molecule has 0 aliphatic carbocycles. The van der Waals surface area contributed by atoms with Crippen LogP contribution in [0.1, 0.15) is 41.7 Å². The van der Waals surface area contributed by atoms with E-state index in [4.69, 9.17) is 16.3 Å². The monoisotopic (exact) mass is 387 g/mol. The first-order valence-corrected chi connectivity index (χ1v) is 9.32. The molecule has 140 valence electrons. The van der Waals surface area contributed by atoms with Gasteiger partial charge in [-0.15, -0.1) is 0 Å². The molecule has 4 rings (SSSR count). The zero-order valence-electron chi connectivity index (χ0n) is 14.9. The fourth-order valence-corrected chi connectivity index (χ4v) is 3.93. The van der Waals surface area contributed by atoms with Crippen molar-refractivity contribution >= 4 is 28.8 Å². The van der Waals surface area contributed by atoms with E-state index in [0.717, 1.165) is 30.6 Å². The summed E-state index contributed by atoms with van der Waals surface area (Å²) in [4.78, 5) is 14.4. The number of fused-ring (bicyclic) bond motifs is 1. The van der Waals surface area contributed by atoms with E-state index in [9.17, 15) is 9.18 Å². The van der Waals surface area contributed by atoms with E-state index < -0.39 is 5.97 Å². The molecule has 0 bridgehead atoms. The van der Waals surface area contributed by atoms with Crippen LogP contribution in [0.3, 0.4) is 0 Å². The van der Waals surface area contributed by atoms with Crippen molar-refractivity contribution < 1.29 is 13.9 Å². The second kappa shape index (κ2) is 7.19. The highest BCUT2D eigenvalue weighted by Crippen LogP contribution is 2.39. The summed E-state index contributed by atoms with van der Waals surface area (Å²) in [7, 11) is 0. The predicted octanol–water partition coefficient (Wildman–Crippen LogP) is 4.65. The summed E-state index contributed by atoms with van der Waals surface area (Å²) in [6.45, 7) is 2.91. The molecule has 5 nitrogen and oxygen atoms in total. The van der Waals surface area contributed by atoms with Gasteiger partial charge in [0.1, 0.15) is 11.4 Å². The van der Waals surface area contributed by atoms with E-state index in [1.54, 1.807) is 17.5 Å². The Morgan fingerprint density at radius 1 is 1.37 bits per heavy atom. The number of nitrogens with zero attached hydrogens (tertiary/aromatic N) is 3. The molecule has 1 aliphatic rings. The lowest BCUT2D eigenvalue weighted by atomic mass is 10.0. The normalized spacial score (nSPS) is 16.9. The quantitative estimate of drug-likeness (QED) is 0.611. The van der Waals surface area contributed by atoms with Gasteiger partial charge in [-0.2, -0.15) is 5.10 Å². The van der Waals surface area contributed by atoms with Gasteiger partial charge in [0.2, 0.25) is 0 Å². The first-order chi connectivity index (χ1) is 13.1. The molecule has 27 heavy (non-hydrogen) atoms. The minimum absolute atomic E-state index is 0.00962. The van der Waals surface area contributed by atoms with Gasteiger partial charge >= 0.3 is 5.97 Å². The van der Waals surface area contributed by atoms with Crippen LogP contribution in [0.2, 0.25) is 5.02 Å². The van der Waals surface area contributed by atoms with Crippen LogP contribution in [0.5, 0.6) is 0 Å². The molecule has 3 aromatic rings. The number of halogens is 2. The number of ether oxygens (including phenoxy) is 1. The van der Waals surface area contributed by atoms with E-state index in [1.165, 1.54) is 18.3 Å². The molecular formula is C20H19ClFN3O2. The highest BCUT2D eigenvalue weighted by molar-refractivity contribution is 6.31. The molecule has 1 atom stereocenters. The third-order valence-corrected chi connectivity index (χ3v) is 5.25. The smallest absolute Gasteiger partial charge is 0.341 e. The number of hydrogen-bond donors (Lipinski definition) is 0. The number of anilines is 1. The first-order valence-electron chi connectivity index (χ1n) is 8.94. The Kier molecular flexibility index (Phi) is 4.74. The Morgan fingerprint density at radius 3 is 3.04 bits per heavy atom. The molecule has 0 unspecified atom stereocenters. The van der Waals surface area contributed by atoms with E-state index >= 15 is 0 Å². The number of aromatic nitrogens is 2. The van der Waals surface area contributed by atoms with Crippen LogP contribution < -0.4 is 4.90 Å². The topological polar surface area (TPSA) is 46.8 Å². The van der Waals surface area contributed by atoms with Crippen molar-refractivity contribution in [3.8, 4) is 0 Å². The van der Waals surface area contributed by atoms with Gasteiger partial charge in [-0.05, 0) is 55.7 Å². The summed E-state index contributed by atoms with van der Waals surface area (Å²) < 4.78 is 20.5. The van der Waals surface area contributed by atoms with Crippen molar-refractivity contribution in [3.63, 3.8) is 0 Å². The fraction of sp³-hybridized carbons (Fsp3) is 0.300. The van der Waals surface area contributed by atoms with Crippen LogP contribution in [0, 0.1) is 5.82 Å². The van der Waals surface area contributed by atoms with Gasteiger partial charge in [-0.25, -0.2) is 13.7 Å². The van der Waals surface area contributed by atoms with E-state index in [-0.39, 0.29) is 11.9 Å². The fourth-order valence-electron chi connectivity index (χ4n) is 3.68. The molecular weight excluding hydrogens is 369 g/mol. The lowest BCUT2D eigenvalue weighted by Crippen LogP contribution is -2.23. The van der Waals surface area contributed by atoms with Crippen molar-refractivity contribution in [2.45, 2.75) is 25.8 Å². The average molecular weight is 388 g/mol. The van der Waals surface area contributed by atoms with E-state index in [2.05, 4.69) is 10.00 Å². The number of carbonyl (C=O) groups is 1. The van der Waals surface area contributed by atoms with Crippen LogP contribution in [-0.2, 0) is 4.74 Å². The molecule has 7 heteroatoms.